The number of ether oxygens (including phenoxy) is 1. The largest absolute Gasteiger partial charge is 0.493 e. The molecule has 0 bridgehead atoms. The average molecular weight is 340 g/mol. The topological polar surface area (TPSA) is 58.9 Å². The van der Waals surface area contributed by atoms with E-state index in [9.17, 15) is 9.18 Å². The number of allylic oxidation sites excluding steroid dienone is 2. The van der Waals surface area contributed by atoms with Crippen molar-refractivity contribution < 1.29 is 19.0 Å². The summed E-state index contributed by atoms with van der Waals surface area (Å²) in [6.07, 6.45) is 1.33. The first kappa shape index (κ1) is 18.9. The van der Waals surface area contributed by atoms with Gasteiger partial charge in [-0.25, -0.2) is 9.18 Å². The third kappa shape index (κ3) is 5.87. The average Bonchev–Trinajstić information content (AvgIpc) is 2.48. The fraction of sp³-hybridized carbons (Fsp3) is 0.294. The first-order valence-electron chi connectivity index (χ1n) is 6.96. The third-order valence-electron chi connectivity index (χ3n) is 2.86. The van der Waals surface area contributed by atoms with Gasteiger partial charge in [-0.2, -0.15) is 0 Å². The van der Waals surface area contributed by atoms with Crippen molar-refractivity contribution in [3.8, 4) is 5.75 Å². The third-order valence-corrected chi connectivity index (χ3v) is 3.26. The number of rotatable bonds is 7. The molecule has 0 spiro atoms. The van der Waals surface area contributed by atoms with Gasteiger partial charge in [-0.1, -0.05) is 25.4 Å². The van der Waals surface area contributed by atoms with Gasteiger partial charge in [-0.3, -0.25) is 4.99 Å². The zero-order valence-corrected chi connectivity index (χ0v) is 14.0. The quantitative estimate of drug-likeness (QED) is 0.452. The maximum atomic E-state index is 13.8. The smallest absolute Gasteiger partial charge is 0.332 e. The summed E-state index contributed by atoms with van der Waals surface area (Å²) in [5.74, 6) is -0.983. The van der Waals surface area contributed by atoms with Crippen LogP contribution in [0.4, 0.5) is 4.39 Å². The highest BCUT2D eigenvalue weighted by Crippen LogP contribution is 2.26. The zero-order chi connectivity index (χ0) is 17.6. The molecule has 124 valence electrons. The van der Waals surface area contributed by atoms with E-state index in [4.69, 9.17) is 21.4 Å². The molecule has 1 N–H and O–H groups in total. The molecule has 0 radical (unpaired) electrons. The van der Waals surface area contributed by atoms with Gasteiger partial charge in [0.15, 0.2) is 0 Å². The highest BCUT2D eigenvalue weighted by molar-refractivity contribution is 6.33. The molecule has 4 nitrogen and oxygen atoms in total. The van der Waals surface area contributed by atoms with Crippen molar-refractivity contribution in [3.05, 3.63) is 46.3 Å². The molecule has 0 fully saturated rings. The van der Waals surface area contributed by atoms with Crippen LogP contribution in [0.25, 0.3) is 5.70 Å². The number of aliphatic carboxylic acids is 1. The second-order valence-corrected chi connectivity index (χ2v) is 5.75. The highest BCUT2D eigenvalue weighted by atomic mass is 35.5. The molecule has 1 aromatic carbocycles. The van der Waals surface area contributed by atoms with Crippen LogP contribution < -0.4 is 4.74 Å². The van der Waals surface area contributed by atoms with Crippen molar-refractivity contribution in [3.63, 3.8) is 0 Å². The van der Waals surface area contributed by atoms with Gasteiger partial charge in [0.1, 0.15) is 11.6 Å². The molecule has 0 unspecified atom stereocenters. The van der Waals surface area contributed by atoms with E-state index in [0.29, 0.717) is 23.8 Å². The van der Waals surface area contributed by atoms with Crippen molar-refractivity contribution in [2.24, 2.45) is 10.9 Å². The van der Waals surface area contributed by atoms with Gasteiger partial charge in [0, 0.05) is 11.6 Å². The van der Waals surface area contributed by atoms with Gasteiger partial charge < -0.3 is 9.84 Å². The fourth-order valence-electron chi connectivity index (χ4n) is 1.61. The molecule has 6 heteroatoms. The van der Waals surface area contributed by atoms with Crippen LogP contribution in [0.15, 0.2) is 39.9 Å². The molecular formula is C17H19ClFNO3. The van der Waals surface area contributed by atoms with Crippen LogP contribution >= 0.6 is 11.6 Å². The first-order valence-corrected chi connectivity index (χ1v) is 7.34. The molecule has 0 aliphatic carbocycles. The van der Waals surface area contributed by atoms with Gasteiger partial charge in [0.25, 0.3) is 0 Å². The number of nitrogens with zero attached hydrogens (tertiary/aromatic N) is 1. The van der Waals surface area contributed by atoms with Gasteiger partial charge in [-0.15, -0.1) is 0 Å². The summed E-state index contributed by atoms with van der Waals surface area (Å²) in [5.41, 5.74) is 0.611. The fourth-order valence-corrected chi connectivity index (χ4v) is 1.79. The first-order chi connectivity index (χ1) is 10.7. The van der Waals surface area contributed by atoms with Crippen molar-refractivity contribution >= 4 is 30.0 Å². The van der Waals surface area contributed by atoms with Crippen LogP contribution in [0.3, 0.4) is 0 Å². The van der Waals surface area contributed by atoms with E-state index in [-0.39, 0.29) is 16.3 Å². The standard InChI is InChI=1S/C17H19ClFNO3/c1-10(2)9-23-14-6-12(5-13(19)7-14)16(20-4)8-15(18)11(3)17(21)22/h5-8,10H,4,9H2,1-3H3,(H,21,22)/b15-11-,16-8-. The molecule has 0 amide bonds. The summed E-state index contributed by atoms with van der Waals surface area (Å²) in [4.78, 5) is 14.7. The number of hydrogen-bond acceptors (Lipinski definition) is 3. The predicted octanol–water partition coefficient (Wildman–Crippen LogP) is 4.50. The Balaban J connectivity index is 3.23. The molecule has 1 rings (SSSR count). The summed E-state index contributed by atoms with van der Waals surface area (Å²) in [5, 5.41) is 8.92. The van der Waals surface area contributed by atoms with E-state index in [0.717, 1.165) is 0 Å². The van der Waals surface area contributed by atoms with E-state index in [2.05, 4.69) is 11.7 Å². The minimum atomic E-state index is -1.14. The minimum absolute atomic E-state index is 0.00573. The lowest BCUT2D eigenvalue weighted by Crippen LogP contribution is -2.05. The molecule has 0 aliphatic rings. The highest BCUT2D eigenvalue weighted by Gasteiger charge is 2.10. The van der Waals surface area contributed by atoms with Gasteiger partial charge in [-0.05, 0) is 37.8 Å². The summed E-state index contributed by atoms with van der Waals surface area (Å²) >= 11 is 5.94. The monoisotopic (exact) mass is 339 g/mol. The van der Waals surface area contributed by atoms with Crippen LogP contribution in [0, 0.1) is 11.7 Å². The Morgan fingerprint density at radius 1 is 1.48 bits per heavy atom. The van der Waals surface area contributed by atoms with Crippen LogP contribution in [0.1, 0.15) is 26.3 Å². The number of halogens is 2. The number of carboxylic acid groups (broad SMARTS) is 1. The molecule has 0 aromatic heterocycles. The second kappa shape index (κ2) is 8.48. The maximum Gasteiger partial charge on any atom is 0.332 e. The molecular weight excluding hydrogens is 321 g/mol. The molecule has 1 aromatic rings. The van der Waals surface area contributed by atoms with Crippen LogP contribution in [-0.4, -0.2) is 24.4 Å². The number of carboxylic acids is 1. The van der Waals surface area contributed by atoms with E-state index < -0.39 is 11.8 Å². The van der Waals surface area contributed by atoms with Crippen LogP contribution in [0.5, 0.6) is 5.75 Å². The van der Waals surface area contributed by atoms with Crippen molar-refractivity contribution in [1.82, 2.24) is 0 Å². The Labute approximate surface area is 139 Å². The number of benzene rings is 1. The Hall–Kier alpha value is -2.14. The molecule has 0 atom stereocenters. The van der Waals surface area contributed by atoms with Crippen molar-refractivity contribution in [2.45, 2.75) is 20.8 Å². The normalized spacial score (nSPS) is 12.9. The molecule has 0 saturated carbocycles. The Kier molecular flexibility index (Phi) is 6.97. The second-order valence-electron chi connectivity index (χ2n) is 5.35. The molecule has 0 saturated heterocycles. The van der Waals surface area contributed by atoms with Crippen LogP contribution in [-0.2, 0) is 4.79 Å². The van der Waals surface area contributed by atoms with E-state index >= 15 is 0 Å². The summed E-state index contributed by atoms with van der Waals surface area (Å²) in [6.45, 7) is 9.19. The zero-order valence-electron chi connectivity index (χ0n) is 13.3. The van der Waals surface area contributed by atoms with E-state index in [1.165, 1.54) is 25.1 Å². The van der Waals surface area contributed by atoms with Crippen LogP contribution in [0.2, 0.25) is 0 Å². The maximum absolute atomic E-state index is 13.8. The van der Waals surface area contributed by atoms with Crippen molar-refractivity contribution in [1.29, 1.82) is 0 Å². The summed E-state index contributed by atoms with van der Waals surface area (Å²) in [7, 11) is 0. The van der Waals surface area contributed by atoms with Gasteiger partial charge >= 0.3 is 5.97 Å². The van der Waals surface area contributed by atoms with E-state index in [1.54, 1.807) is 6.07 Å². The van der Waals surface area contributed by atoms with E-state index in [1.807, 2.05) is 13.8 Å². The Morgan fingerprint density at radius 2 is 2.13 bits per heavy atom. The Bertz CT molecular complexity index is 666. The number of carbonyl (C=O) groups is 1. The molecule has 0 aliphatic heterocycles. The SMILES string of the molecule is C=N/C(=C\C(Cl)=C(/C)C(=O)O)c1cc(F)cc(OCC(C)C)c1. The lowest BCUT2D eigenvalue weighted by Gasteiger charge is -2.11. The predicted molar refractivity (Wildman–Crippen MR) is 90.4 cm³/mol. The number of hydrogen-bond donors (Lipinski definition) is 1. The van der Waals surface area contributed by atoms with Crippen molar-refractivity contribution in [2.75, 3.05) is 6.61 Å². The minimum Gasteiger partial charge on any atom is -0.493 e. The lowest BCUT2D eigenvalue weighted by atomic mass is 10.1. The summed E-state index contributed by atoms with van der Waals surface area (Å²) < 4.78 is 19.3. The lowest BCUT2D eigenvalue weighted by molar-refractivity contribution is -0.132. The molecule has 23 heavy (non-hydrogen) atoms. The summed E-state index contributed by atoms with van der Waals surface area (Å²) in [6, 6.07) is 4.13. The Morgan fingerprint density at radius 3 is 2.65 bits per heavy atom. The molecule has 0 heterocycles. The van der Waals surface area contributed by atoms with Gasteiger partial charge in [0.2, 0.25) is 0 Å². The number of aliphatic imine (C=N–C) groups is 1. The van der Waals surface area contributed by atoms with Gasteiger partial charge in [0.05, 0.1) is 22.9 Å².